The minimum Gasteiger partial charge on any atom is -0.497 e. The minimum atomic E-state index is 0.339. The first-order valence-corrected chi connectivity index (χ1v) is 9.34. The summed E-state index contributed by atoms with van der Waals surface area (Å²) in [5.74, 6) is 1.43. The van der Waals surface area contributed by atoms with Gasteiger partial charge in [0.2, 0.25) is 0 Å². The molecule has 0 saturated carbocycles. The molecule has 1 fully saturated rings. The highest BCUT2D eigenvalue weighted by atomic mass is 32.1. The third-order valence-corrected chi connectivity index (χ3v) is 5.84. The number of hydrogen-bond donors (Lipinski definition) is 0. The van der Waals surface area contributed by atoms with E-state index in [1.165, 1.54) is 16.1 Å². The summed E-state index contributed by atoms with van der Waals surface area (Å²) >= 11 is 1.76. The molecular formula is C19H26N2O2S. The quantitative estimate of drug-likeness (QED) is 0.801. The van der Waals surface area contributed by atoms with Crippen LogP contribution in [0.5, 0.6) is 5.75 Å². The van der Waals surface area contributed by atoms with Gasteiger partial charge in [-0.2, -0.15) is 0 Å². The number of likely N-dealkylation sites (tertiary alicyclic amines) is 1. The van der Waals surface area contributed by atoms with Crippen molar-refractivity contribution in [1.29, 1.82) is 0 Å². The van der Waals surface area contributed by atoms with Crippen LogP contribution in [-0.4, -0.2) is 43.3 Å². The molecule has 0 N–H and O–H groups in total. The van der Waals surface area contributed by atoms with Gasteiger partial charge < -0.3 is 9.47 Å². The van der Waals surface area contributed by atoms with Crippen LogP contribution in [0.2, 0.25) is 0 Å². The van der Waals surface area contributed by atoms with Crippen molar-refractivity contribution in [3.05, 3.63) is 45.9 Å². The molecule has 0 radical (unpaired) electrons. The number of nitrogens with zero attached hydrogens (tertiary/aromatic N) is 2. The van der Waals surface area contributed by atoms with Gasteiger partial charge in [0, 0.05) is 37.5 Å². The molecule has 5 heteroatoms. The molecule has 1 aliphatic rings. The van der Waals surface area contributed by atoms with Crippen LogP contribution >= 0.6 is 11.3 Å². The molecule has 0 aliphatic carbocycles. The Balaban J connectivity index is 1.65. The van der Waals surface area contributed by atoms with E-state index in [0.29, 0.717) is 12.0 Å². The highest BCUT2D eigenvalue weighted by molar-refractivity contribution is 7.09. The Labute approximate surface area is 148 Å². The van der Waals surface area contributed by atoms with E-state index in [4.69, 9.17) is 9.47 Å². The molecule has 3 rings (SSSR count). The molecule has 2 aromatic rings. The molecule has 1 aromatic carbocycles. The smallest absolute Gasteiger partial charge is 0.118 e. The van der Waals surface area contributed by atoms with Crippen LogP contribution in [0.4, 0.5) is 0 Å². The van der Waals surface area contributed by atoms with Crippen LogP contribution in [0.3, 0.4) is 0 Å². The Bertz CT molecular complexity index is 641. The third kappa shape index (κ3) is 4.15. The summed E-state index contributed by atoms with van der Waals surface area (Å²) in [6.07, 6.45) is 2.47. The maximum absolute atomic E-state index is 5.77. The summed E-state index contributed by atoms with van der Waals surface area (Å²) in [4.78, 5) is 8.30. The van der Waals surface area contributed by atoms with Crippen LogP contribution < -0.4 is 4.74 Å². The molecule has 0 amide bonds. The van der Waals surface area contributed by atoms with Crippen LogP contribution in [-0.2, 0) is 17.7 Å². The number of rotatable bonds is 6. The lowest BCUT2D eigenvalue weighted by atomic mass is 9.88. The van der Waals surface area contributed by atoms with Crippen LogP contribution in [0.15, 0.2) is 29.8 Å². The normalized spacial score (nSPS) is 21.8. The fourth-order valence-electron chi connectivity index (χ4n) is 3.48. The fourth-order valence-corrected chi connectivity index (χ4v) is 4.30. The summed E-state index contributed by atoms with van der Waals surface area (Å²) in [7, 11) is 3.55. The topological polar surface area (TPSA) is 34.6 Å². The summed E-state index contributed by atoms with van der Waals surface area (Å²) in [6.45, 7) is 5.27. The summed E-state index contributed by atoms with van der Waals surface area (Å²) < 4.78 is 11.0. The van der Waals surface area contributed by atoms with Gasteiger partial charge in [0.1, 0.15) is 5.75 Å². The molecule has 0 spiro atoms. The Morgan fingerprint density at radius 1 is 1.25 bits per heavy atom. The van der Waals surface area contributed by atoms with Crippen molar-refractivity contribution in [2.75, 3.05) is 27.3 Å². The van der Waals surface area contributed by atoms with Gasteiger partial charge in [0.05, 0.1) is 24.4 Å². The standard InChI is InChI=1S/C19H26N2O2S/c1-14-19(24-13-20-14)12-21-9-8-18(23-3)16(11-21)10-15-4-6-17(22-2)7-5-15/h4-7,13,16,18H,8-12H2,1-3H3/t16-,18-/m0/s1. The maximum atomic E-state index is 5.77. The van der Waals surface area contributed by atoms with Crippen molar-refractivity contribution >= 4 is 11.3 Å². The molecule has 24 heavy (non-hydrogen) atoms. The molecule has 1 aliphatic heterocycles. The highest BCUT2D eigenvalue weighted by Crippen LogP contribution is 2.26. The van der Waals surface area contributed by atoms with Gasteiger partial charge in [-0.1, -0.05) is 12.1 Å². The molecule has 1 aromatic heterocycles. The molecule has 2 heterocycles. The van der Waals surface area contributed by atoms with E-state index in [1.807, 2.05) is 24.8 Å². The number of methoxy groups -OCH3 is 2. The lowest BCUT2D eigenvalue weighted by Crippen LogP contribution is -2.44. The van der Waals surface area contributed by atoms with Gasteiger partial charge in [-0.25, -0.2) is 4.98 Å². The first-order valence-electron chi connectivity index (χ1n) is 8.46. The van der Waals surface area contributed by atoms with Crippen molar-refractivity contribution in [2.24, 2.45) is 5.92 Å². The Hall–Kier alpha value is -1.43. The molecule has 0 bridgehead atoms. The zero-order chi connectivity index (χ0) is 16.9. The van der Waals surface area contributed by atoms with E-state index in [1.54, 1.807) is 18.4 Å². The van der Waals surface area contributed by atoms with Crippen molar-refractivity contribution in [1.82, 2.24) is 9.88 Å². The second-order valence-electron chi connectivity index (χ2n) is 6.47. The molecule has 130 valence electrons. The van der Waals surface area contributed by atoms with Gasteiger partial charge in [0.15, 0.2) is 0 Å². The first-order chi connectivity index (χ1) is 11.7. The van der Waals surface area contributed by atoms with Crippen molar-refractivity contribution in [3.63, 3.8) is 0 Å². The van der Waals surface area contributed by atoms with Gasteiger partial charge >= 0.3 is 0 Å². The Morgan fingerprint density at radius 2 is 2.04 bits per heavy atom. The van der Waals surface area contributed by atoms with Crippen LogP contribution in [0.25, 0.3) is 0 Å². The minimum absolute atomic E-state index is 0.339. The third-order valence-electron chi connectivity index (χ3n) is 4.92. The van der Waals surface area contributed by atoms with Gasteiger partial charge in [-0.3, -0.25) is 4.90 Å². The Morgan fingerprint density at radius 3 is 2.67 bits per heavy atom. The maximum Gasteiger partial charge on any atom is 0.118 e. The number of hydrogen-bond acceptors (Lipinski definition) is 5. The largest absolute Gasteiger partial charge is 0.497 e. The van der Waals surface area contributed by atoms with Crippen LogP contribution in [0, 0.1) is 12.8 Å². The van der Waals surface area contributed by atoms with E-state index in [0.717, 1.165) is 38.2 Å². The number of aryl methyl sites for hydroxylation is 1. The average molecular weight is 346 g/mol. The monoisotopic (exact) mass is 346 g/mol. The lowest BCUT2D eigenvalue weighted by molar-refractivity contribution is -0.00828. The van der Waals surface area contributed by atoms with E-state index < -0.39 is 0 Å². The van der Waals surface area contributed by atoms with Gasteiger partial charge in [-0.05, 0) is 37.5 Å². The van der Waals surface area contributed by atoms with E-state index in [9.17, 15) is 0 Å². The van der Waals surface area contributed by atoms with E-state index in [-0.39, 0.29) is 0 Å². The fraction of sp³-hybridized carbons (Fsp3) is 0.526. The number of thiazole rings is 1. The second kappa shape index (κ2) is 8.10. The SMILES string of the molecule is COc1ccc(C[C@H]2CN(Cc3scnc3C)CC[C@@H]2OC)cc1. The molecule has 0 unspecified atom stereocenters. The van der Waals surface area contributed by atoms with Crippen molar-refractivity contribution < 1.29 is 9.47 Å². The van der Waals surface area contributed by atoms with Crippen molar-refractivity contribution in [2.45, 2.75) is 32.4 Å². The van der Waals surface area contributed by atoms with Crippen molar-refractivity contribution in [3.8, 4) is 5.75 Å². The van der Waals surface area contributed by atoms with Gasteiger partial charge in [-0.15, -0.1) is 11.3 Å². The predicted molar refractivity (Wildman–Crippen MR) is 97.7 cm³/mol. The van der Waals surface area contributed by atoms with E-state index in [2.05, 4.69) is 28.9 Å². The average Bonchev–Trinajstić information content (AvgIpc) is 3.01. The number of benzene rings is 1. The lowest BCUT2D eigenvalue weighted by Gasteiger charge is -2.38. The summed E-state index contributed by atoms with van der Waals surface area (Å²) in [5.41, 5.74) is 4.46. The zero-order valence-corrected chi connectivity index (χ0v) is 15.5. The van der Waals surface area contributed by atoms with Gasteiger partial charge in [0.25, 0.3) is 0 Å². The predicted octanol–water partition coefficient (Wildman–Crippen LogP) is 3.54. The molecular weight excluding hydrogens is 320 g/mol. The molecule has 4 nitrogen and oxygen atoms in total. The molecule has 2 atom stereocenters. The summed E-state index contributed by atoms with van der Waals surface area (Å²) in [6, 6.07) is 8.41. The van der Waals surface area contributed by atoms with E-state index >= 15 is 0 Å². The Kier molecular flexibility index (Phi) is 5.87. The zero-order valence-electron chi connectivity index (χ0n) is 14.7. The number of aromatic nitrogens is 1. The number of ether oxygens (including phenoxy) is 2. The van der Waals surface area contributed by atoms with Crippen LogP contribution in [0.1, 0.15) is 22.6 Å². The number of piperidine rings is 1. The second-order valence-corrected chi connectivity index (χ2v) is 7.41. The first kappa shape index (κ1) is 17.4. The summed E-state index contributed by atoms with van der Waals surface area (Å²) in [5, 5.41) is 0. The highest BCUT2D eigenvalue weighted by Gasteiger charge is 2.29. The molecule has 1 saturated heterocycles.